The summed E-state index contributed by atoms with van der Waals surface area (Å²) in [6, 6.07) is 19.0. The Morgan fingerprint density at radius 1 is 1.04 bits per heavy atom. The van der Waals surface area contributed by atoms with Gasteiger partial charge >= 0.3 is 0 Å². The molecule has 0 bridgehead atoms. The van der Waals surface area contributed by atoms with Crippen molar-refractivity contribution in [2.45, 2.75) is 13.3 Å². The van der Waals surface area contributed by atoms with Crippen LogP contribution in [-0.4, -0.2) is 10.9 Å². The number of amides is 1. The van der Waals surface area contributed by atoms with E-state index < -0.39 is 0 Å². The molecule has 4 nitrogen and oxygen atoms in total. The fraction of sp³-hybridized carbons (Fsp3) is 0.100. The molecule has 0 saturated carbocycles. The van der Waals surface area contributed by atoms with Gasteiger partial charge in [-0.25, -0.2) is 4.98 Å². The highest BCUT2D eigenvalue weighted by molar-refractivity contribution is 6.31. The van der Waals surface area contributed by atoms with Crippen molar-refractivity contribution in [3.63, 3.8) is 0 Å². The molecule has 0 aliphatic rings. The van der Waals surface area contributed by atoms with Crippen LogP contribution in [0.1, 0.15) is 11.1 Å². The Hall–Kier alpha value is -2.85. The Morgan fingerprint density at radius 3 is 2.48 bits per heavy atom. The minimum Gasteiger partial charge on any atom is -0.340 e. The summed E-state index contributed by atoms with van der Waals surface area (Å²) in [4.78, 5) is 16.4. The van der Waals surface area contributed by atoms with Gasteiger partial charge in [-0.3, -0.25) is 4.79 Å². The van der Waals surface area contributed by atoms with Crippen LogP contribution in [0, 0.1) is 6.92 Å². The Morgan fingerprint density at radius 2 is 1.80 bits per heavy atom. The van der Waals surface area contributed by atoms with Gasteiger partial charge < -0.3 is 10.6 Å². The molecule has 0 aliphatic heterocycles. The van der Waals surface area contributed by atoms with Crippen molar-refractivity contribution in [2.75, 3.05) is 10.6 Å². The van der Waals surface area contributed by atoms with Crippen molar-refractivity contribution in [1.29, 1.82) is 0 Å². The van der Waals surface area contributed by atoms with Gasteiger partial charge in [-0.2, -0.15) is 0 Å². The van der Waals surface area contributed by atoms with Crippen molar-refractivity contribution < 1.29 is 4.79 Å². The molecular formula is C20H18ClN3O. The van der Waals surface area contributed by atoms with E-state index in [4.69, 9.17) is 11.6 Å². The van der Waals surface area contributed by atoms with Crippen LogP contribution in [0.3, 0.4) is 0 Å². The average molecular weight is 352 g/mol. The number of hydrogen-bond acceptors (Lipinski definition) is 3. The third kappa shape index (κ3) is 4.81. The minimum atomic E-state index is -0.0703. The molecule has 1 aromatic heterocycles. The number of nitrogens with one attached hydrogen (secondary N) is 2. The van der Waals surface area contributed by atoms with E-state index in [1.54, 1.807) is 6.20 Å². The van der Waals surface area contributed by atoms with E-state index in [1.807, 2.05) is 67.6 Å². The Balaban J connectivity index is 1.60. The third-order valence-electron chi connectivity index (χ3n) is 3.70. The van der Waals surface area contributed by atoms with E-state index in [1.165, 1.54) is 0 Å². The lowest BCUT2D eigenvalue weighted by Crippen LogP contribution is -2.14. The van der Waals surface area contributed by atoms with Crippen LogP contribution < -0.4 is 10.6 Å². The quantitative estimate of drug-likeness (QED) is 0.682. The molecule has 126 valence electrons. The molecule has 0 aliphatic carbocycles. The van der Waals surface area contributed by atoms with Crippen molar-refractivity contribution in [2.24, 2.45) is 0 Å². The third-order valence-corrected chi connectivity index (χ3v) is 4.11. The largest absolute Gasteiger partial charge is 0.340 e. The summed E-state index contributed by atoms with van der Waals surface area (Å²) >= 11 is 6.12. The first kappa shape index (κ1) is 17.0. The van der Waals surface area contributed by atoms with E-state index >= 15 is 0 Å². The Kier molecular flexibility index (Phi) is 5.31. The molecule has 2 aromatic carbocycles. The standard InChI is InChI=1S/C20H18ClN3O/c1-14-7-8-16(12-18(14)21)23-19-10-9-17(13-22-19)24-20(25)11-15-5-3-2-4-6-15/h2-10,12-13H,11H2,1H3,(H,22,23)(H,24,25). The zero-order valence-electron chi connectivity index (χ0n) is 13.8. The molecule has 1 heterocycles. The number of aromatic nitrogens is 1. The van der Waals surface area contributed by atoms with Crippen LogP contribution in [0.4, 0.5) is 17.2 Å². The highest BCUT2D eigenvalue weighted by Crippen LogP contribution is 2.22. The number of aryl methyl sites for hydroxylation is 1. The van der Waals surface area contributed by atoms with Crippen LogP contribution in [0.5, 0.6) is 0 Å². The van der Waals surface area contributed by atoms with Crippen LogP contribution in [0.25, 0.3) is 0 Å². The average Bonchev–Trinajstić information content (AvgIpc) is 2.61. The predicted octanol–water partition coefficient (Wildman–Crippen LogP) is 4.97. The van der Waals surface area contributed by atoms with E-state index in [0.717, 1.165) is 16.8 Å². The first-order valence-electron chi connectivity index (χ1n) is 7.93. The zero-order valence-corrected chi connectivity index (χ0v) is 14.5. The van der Waals surface area contributed by atoms with Gasteiger partial charge in [0.2, 0.25) is 5.91 Å². The van der Waals surface area contributed by atoms with Crippen LogP contribution in [-0.2, 0) is 11.2 Å². The fourth-order valence-electron chi connectivity index (χ4n) is 2.35. The van der Waals surface area contributed by atoms with Crippen molar-refractivity contribution in [3.8, 4) is 0 Å². The molecular weight excluding hydrogens is 334 g/mol. The summed E-state index contributed by atoms with van der Waals surface area (Å²) in [5.41, 5.74) is 3.52. The predicted molar refractivity (Wildman–Crippen MR) is 102 cm³/mol. The Bertz CT molecular complexity index is 864. The van der Waals surface area contributed by atoms with Gasteiger partial charge in [-0.15, -0.1) is 0 Å². The molecule has 0 unspecified atom stereocenters. The molecule has 1 amide bonds. The second kappa shape index (κ2) is 7.81. The second-order valence-electron chi connectivity index (χ2n) is 5.73. The maximum Gasteiger partial charge on any atom is 0.228 e. The molecule has 3 rings (SSSR count). The first-order chi connectivity index (χ1) is 12.1. The molecule has 0 radical (unpaired) electrons. The summed E-state index contributed by atoms with van der Waals surface area (Å²) in [7, 11) is 0. The molecule has 5 heteroatoms. The molecule has 3 aromatic rings. The first-order valence-corrected chi connectivity index (χ1v) is 8.31. The van der Waals surface area contributed by atoms with E-state index in [0.29, 0.717) is 22.9 Å². The summed E-state index contributed by atoms with van der Waals surface area (Å²) < 4.78 is 0. The lowest BCUT2D eigenvalue weighted by Gasteiger charge is -2.09. The number of hydrogen-bond donors (Lipinski definition) is 2. The number of pyridine rings is 1. The molecule has 0 fully saturated rings. The van der Waals surface area contributed by atoms with Crippen molar-refractivity contribution >= 4 is 34.7 Å². The number of rotatable bonds is 5. The van der Waals surface area contributed by atoms with Crippen molar-refractivity contribution in [3.05, 3.63) is 83.0 Å². The monoisotopic (exact) mass is 351 g/mol. The van der Waals surface area contributed by atoms with Crippen LogP contribution in [0.2, 0.25) is 5.02 Å². The number of nitrogens with zero attached hydrogens (tertiary/aromatic N) is 1. The van der Waals surface area contributed by atoms with Crippen molar-refractivity contribution in [1.82, 2.24) is 4.98 Å². The molecule has 0 spiro atoms. The van der Waals surface area contributed by atoms with Gasteiger partial charge in [0.1, 0.15) is 5.82 Å². The van der Waals surface area contributed by atoms with E-state index in [9.17, 15) is 4.79 Å². The van der Waals surface area contributed by atoms with Gasteiger partial charge in [0, 0.05) is 10.7 Å². The molecule has 0 atom stereocenters. The Labute approximate surface area is 151 Å². The smallest absolute Gasteiger partial charge is 0.228 e. The van der Waals surface area contributed by atoms with Crippen LogP contribution in [0.15, 0.2) is 66.9 Å². The van der Waals surface area contributed by atoms with Gasteiger partial charge in [-0.1, -0.05) is 48.0 Å². The summed E-state index contributed by atoms with van der Waals surface area (Å²) in [5.74, 6) is 0.611. The van der Waals surface area contributed by atoms with Gasteiger partial charge in [0.25, 0.3) is 0 Å². The van der Waals surface area contributed by atoms with Gasteiger partial charge in [0.05, 0.1) is 18.3 Å². The number of carbonyl (C=O) groups excluding carboxylic acids is 1. The summed E-state index contributed by atoms with van der Waals surface area (Å²) in [6.07, 6.45) is 1.96. The van der Waals surface area contributed by atoms with E-state index in [2.05, 4.69) is 15.6 Å². The fourth-order valence-corrected chi connectivity index (χ4v) is 2.53. The molecule has 0 saturated heterocycles. The van der Waals surface area contributed by atoms with Gasteiger partial charge in [0.15, 0.2) is 0 Å². The maximum absolute atomic E-state index is 12.1. The number of halogens is 1. The molecule has 2 N–H and O–H groups in total. The molecule has 25 heavy (non-hydrogen) atoms. The highest BCUT2D eigenvalue weighted by atomic mass is 35.5. The second-order valence-corrected chi connectivity index (χ2v) is 6.14. The SMILES string of the molecule is Cc1ccc(Nc2ccc(NC(=O)Cc3ccccc3)cn2)cc1Cl. The number of carbonyl (C=O) groups is 1. The number of benzene rings is 2. The zero-order chi connectivity index (χ0) is 17.6. The lowest BCUT2D eigenvalue weighted by molar-refractivity contribution is -0.115. The summed E-state index contributed by atoms with van der Waals surface area (Å²) in [6.45, 7) is 1.96. The minimum absolute atomic E-state index is 0.0703. The maximum atomic E-state index is 12.1. The van der Waals surface area contributed by atoms with Gasteiger partial charge in [-0.05, 0) is 42.3 Å². The summed E-state index contributed by atoms with van der Waals surface area (Å²) in [5, 5.41) is 6.74. The highest BCUT2D eigenvalue weighted by Gasteiger charge is 2.05. The normalized spacial score (nSPS) is 10.3. The lowest BCUT2D eigenvalue weighted by atomic mass is 10.1. The topological polar surface area (TPSA) is 54.0 Å². The number of anilines is 3. The van der Waals surface area contributed by atoms with E-state index in [-0.39, 0.29) is 5.91 Å². The van der Waals surface area contributed by atoms with Crippen LogP contribution >= 0.6 is 11.6 Å².